The lowest BCUT2D eigenvalue weighted by Gasteiger charge is -2.20. The van der Waals surface area contributed by atoms with Crippen LogP contribution in [0.1, 0.15) is 39.0 Å². The van der Waals surface area contributed by atoms with Gasteiger partial charge in [0.25, 0.3) is 0 Å². The molecule has 0 fully saturated rings. The highest BCUT2D eigenvalue weighted by Crippen LogP contribution is 2.31. The van der Waals surface area contributed by atoms with Crippen molar-refractivity contribution in [1.29, 1.82) is 0 Å². The SMILES string of the molecule is CCCCC1=C(C(=O)O)CC1. The quantitative estimate of drug-likeness (QED) is 0.674. The maximum atomic E-state index is 10.5. The van der Waals surface area contributed by atoms with Crippen molar-refractivity contribution in [3.8, 4) is 0 Å². The first-order valence-corrected chi connectivity index (χ1v) is 4.20. The summed E-state index contributed by atoms with van der Waals surface area (Å²) in [5.41, 5.74) is 1.86. The fraction of sp³-hybridized carbons (Fsp3) is 0.667. The fourth-order valence-corrected chi connectivity index (χ4v) is 1.35. The van der Waals surface area contributed by atoms with Gasteiger partial charge in [-0.25, -0.2) is 4.79 Å². The van der Waals surface area contributed by atoms with Crippen LogP contribution in [0.25, 0.3) is 0 Å². The van der Waals surface area contributed by atoms with E-state index in [9.17, 15) is 4.79 Å². The number of hydrogen-bond acceptors (Lipinski definition) is 1. The van der Waals surface area contributed by atoms with Crippen LogP contribution in [0.15, 0.2) is 11.1 Å². The van der Waals surface area contributed by atoms with Crippen molar-refractivity contribution in [2.24, 2.45) is 0 Å². The average Bonchev–Trinajstić information content (AvgIpc) is 1.84. The number of carboxylic acids is 1. The van der Waals surface area contributed by atoms with E-state index < -0.39 is 5.97 Å². The van der Waals surface area contributed by atoms with Crippen LogP contribution in [-0.2, 0) is 4.79 Å². The normalized spacial score (nSPS) is 16.5. The van der Waals surface area contributed by atoms with Crippen molar-refractivity contribution in [2.45, 2.75) is 39.0 Å². The predicted octanol–water partition coefficient (Wildman–Crippen LogP) is 2.35. The number of allylic oxidation sites excluding steroid dienone is 1. The van der Waals surface area contributed by atoms with E-state index in [0.29, 0.717) is 5.57 Å². The Hall–Kier alpha value is -0.790. The van der Waals surface area contributed by atoms with E-state index in [4.69, 9.17) is 5.11 Å². The molecule has 0 spiro atoms. The third-order valence-electron chi connectivity index (χ3n) is 2.19. The summed E-state index contributed by atoms with van der Waals surface area (Å²) >= 11 is 0. The van der Waals surface area contributed by atoms with E-state index in [-0.39, 0.29) is 0 Å². The van der Waals surface area contributed by atoms with Crippen LogP contribution in [0.3, 0.4) is 0 Å². The molecule has 11 heavy (non-hydrogen) atoms. The maximum Gasteiger partial charge on any atom is 0.331 e. The molecule has 0 aromatic heterocycles. The zero-order chi connectivity index (χ0) is 8.27. The summed E-state index contributed by atoms with van der Waals surface area (Å²) in [6.45, 7) is 2.12. The number of carbonyl (C=O) groups is 1. The number of unbranched alkanes of at least 4 members (excludes halogenated alkanes) is 1. The van der Waals surface area contributed by atoms with Gasteiger partial charge in [-0.1, -0.05) is 18.9 Å². The standard InChI is InChI=1S/C9H14O2/c1-2-3-4-7-5-6-8(7)9(10)11/h2-6H2,1H3,(H,10,11). The van der Waals surface area contributed by atoms with Gasteiger partial charge in [0.2, 0.25) is 0 Å². The molecular weight excluding hydrogens is 140 g/mol. The van der Waals surface area contributed by atoms with Crippen molar-refractivity contribution >= 4 is 5.97 Å². The smallest absolute Gasteiger partial charge is 0.331 e. The molecular formula is C9H14O2. The van der Waals surface area contributed by atoms with E-state index in [1.54, 1.807) is 0 Å². The van der Waals surface area contributed by atoms with Gasteiger partial charge in [0, 0.05) is 5.57 Å². The van der Waals surface area contributed by atoms with E-state index in [0.717, 1.165) is 32.1 Å². The summed E-state index contributed by atoms with van der Waals surface area (Å²) in [5, 5.41) is 8.65. The predicted molar refractivity (Wildman–Crippen MR) is 43.4 cm³/mol. The Morgan fingerprint density at radius 3 is 2.64 bits per heavy atom. The molecule has 1 N–H and O–H groups in total. The summed E-state index contributed by atoms with van der Waals surface area (Å²) < 4.78 is 0. The van der Waals surface area contributed by atoms with Crippen molar-refractivity contribution in [2.75, 3.05) is 0 Å². The first-order chi connectivity index (χ1) is 5.25. The molecule has 0 radical (unpaired) electrons. The Bertz CT molecular complexity index is 192. The van der Waals surface area contributed by atoms with Crippen LogP contribution in [-0.4, -0.2) is 11.1 Å². The molecule has 0 unspecified atom stereocenters. The Labute approximate surface area is 66.9 Å². The van der Waals surface area contributed by atoms with Crippen LogP contribution in [0.2, 0.25) is 0 Å². The molecule has 2 heteroatoms. The summed E-state index contributed by atoms with van der Waals surface area (Å²) in [7, 11) is 0. The molecule has 0 atom stereocenters. The molecule has 0 aromatic carbocycles. The Morgan fingerprint density at radius 1 is 1.55 bits per heavy atom. The average molecular weight is 154 g/mol. The largest absolute Gasteiger partial charge is 0.478 e. The summed E-state index contributed by atoms with van der Waals surface area (Å²) in [5.74, 6) is -0.706. The lowest BCUT2D eigenvalue weighted by atomic mass is 9.85. The van der Waals surface area contributed by atoms with Crippen LogP contribution >= 0.6 is 0 Å². The lowest BCUT2D eigenvalue weighted by molar-refractivity contribution is -0.133. The highest BCUT2D eigenvalue weighted by atomic mass is 16.4. The second-order valence-electron chi connectivity index (χ2n) is 2.99. The molecule has 2 nitrogen and oxygen atoms in total. The number of hydrogen-bond donors (Lipinski definition) is 1. The fourth-order valence-electron chi connectivity index (χ4n) is 1.35. The minimum Gasteiger partial charge on any atom is -0.478 e. The van der Waals surface area contributed by atoms with Crippen LogP contribution in [0.5, 0.6) is 0 Å². The highest BCUT2D eigenvalue weighted by Gasteiger charge is 2.21. The molecule has 62 valence electrons. The molecule has 0 saturated carbocycles. The first-order valence-electron chi connectivity index (χ1n) is 4.20. The third kappa shape index (κ3) is 1.82. The van der Waals surface area contributed by atoms with Crippen molar-refractivity contribution in [3.63, 3.8) is 0 Å². The molecule has 1 aliphatic carbocycles. The molecule has 0 bridgehead atoms. The molecule has 1 rings (SSSR count). The van der Waals surface area contributed by atoms with Crippen molar-refractivity contribution < 1.29 is 9.90 Å². The van der Waals surface area contributed by atoms with Gasteiger partial charge < -0.3 is 5.11 Å². The molecule has 0 amide bonds. The van der Waals surface area contributed by atoms with Gasteiger partial charge in [-0.05, 0) is 25.7 Å². The Kier molecular flexibility index (Phi) is 2.69. The van der Waals surface area contributed by atoms with E-state index in [1.165, 1.54) is 5.57 Å². The van der Waals surface area contributed by atoms with Gasteiger partial charge in [-0.3, -0.25) is 0 Å². The van der Waals surface area contributed by atoms with Crippen molar-refractivity contribution in [3.05, 3.63) is 11.1 Å². The summed E-state index contributed by atoms with van der Waals surface area (Å²) in [4.78, 5) is 10.5. The maximum absolute atomic E-state index is 10.5. The van der Waals surface area contributed by atoms with E-state index in [1.807, 2.05) is 0 Å². The monoisotopic (exact) mass is 154 g/mol. The van der Waals surface area contributed by atoms with E-state index >= 15 is 0 Å². The molecule has 0 aromatic rings. The molecule has 0 heterocycles. The second kappa shape index (κ2) is 3.56. The van der Waals surface area contributed by atoms with Crippen LogP contribution in [0.4, 0.5) is 0 Å². The summed E-state index contributed by atoms with van der Waals surface area (Å²) in [6.07, 6.45) is 5.08. The molecule has 0 aliphatic heterocycles. The molecule has 0 saturated heterocycles. The number of rotatable bonds is 4. The first kappa shape index (κ1) is 8.31. The zero-order valence-corrected chi connectivity index (χ0v) is 6.89. The van der Waals surface area contributed by atoms with Gasteiger partial charge in [-0.2, -0.15) is 0 Å². The van der Waals surface area contributed by atoms with Gasteiger partial charge in [-0.15, -0.1) is 0 Å². The van der Waals surface area contributed by atoms with Crippen molar-refractivity contribution in [1.82, 2.24) is 0 Å². The van der Waals surface area contributed by atoms with Gasteiger partial charge >= 0.3 is 5.97 Å². The minimum atomic E-state index is -0.706. The number of carboxylic acid groups (broad SMARTS) is 1. The van der Waals surface area contributed by atoms with Crippen LogP contribution in [0, 0.1) is 0 Å². The summed E-state index contributed by atoms with van der Waals surface area (Å²) in [6, 6.07) is 0. The third-order valence-corrected chi connectivity index (χ3v) is 2.19. The van der Waals surface area contributed by atoms with Crippen LogP contribution < -0.4 is 0 Å². The lowest BCUT2D eigenvalue weighted by Crippen LogP contribution is -2.13. The highest BCUT2D eigenvalue weighted by molar-refractivity contribution is 5.89. The molecule has 1 aliphatic rings. The van der Waals surface area contributed by atoms with Gasteiger partial charge in [0.1, 0.15) is 0 Å². The Morgan fingerprint density at radius 2 is 2.27 bits per heavy atom. The zero-order valence-electron chi connectivity index (χ0n) is 6.89. The van der Waals surface area contributed by atoms with E-state index in [2.05, 4.69) is 6.92 Å². The van der Waals surface area contributed by atoms with Gasteiger partial charge in [0.15, 0.2) is 0 Å². The van der Waals surface area contributed by atoms with Gasteiger partial charge in [0.05, 0.1) is 0 Å². The second-order valence-corrected chi connectivity index (χ2v) is 2.99. The topological polar surface area (TPSA) is 37.3 Å². The minimum absolute atomic E-state index is 0.679. The Balaban J connectivity index is 2.45. The number of aliphatic carboxylic acids is 1.